The summed E-state index contributed by atoms with van der Waals surface area (Å²) in [5, 5.41) is 5.44. The molecule has 146 valence electrons. The summed E-state index contributed by atoms with van der Waals surface area (Å²) < 4.78 is 0. The molecule has 0 bridgehead atoms. The Morgan fingerprint density at radius 1 is 0.964 bits per heavy atom. The van der Waals surface area contributed by atoms with Gasteiger partial charge in [0.15, 0.2) is 0 Å². The van der Waals surface area contributed by atoms with E-state index in [4.69, 9.17) is 0 Å². The van der Waals surface area contributed by atoms with Crippen molar-refractivity contribution >= 4 is 29.1 Å². The predicted octanol–water partition coefficient (Wildman–Crippen LogP) is 3.16. The first-order valence-electron chi connectivity index (χ1n) is 9.35. The minimum atomic E-state index is -0.346. The van der Waals surface area contributed by atoms with Crippen molar-refractivity contribution in [2.75, 3.05) is 23.7 Å². The van der Waals surface area contributed by atoms with E-state index in [-0.39, 0.29) is 17.7 Å². The van der Waals surface area contributed by atoms with Crippen LogP contribution in [0.2, 0.25) is 0 Å². The molecule has 2 heterocycles. The average Bonchev–Trinajstić information content (AvgIpc) is 2.69. The van der Waals surface area contributed by atoms with E-state index >= 15 is 0 Å². The molecular weight excluding hydrogens is 356 g/mol. The number of amides is 3. The third-order valence-electron chi connectivity index (χ3n) is 4.78. The molecule has 0 aliphatic carbocycles. The molecule has 2 N–H and O–H groups in total. The fraction of sp³-hybridized carbons (Fsp3) is 0.333. The number of piperidine rings is 1. The van der Waals surface area contributed by atoms with Crippen LogP contribution in [0.5, 0.6) is 0 Å². The predicted molar refractivity (Wildman–Crippen MR) is 107 cm³/mol. The highest BCUT2D eigenvalue weighted by molar-refractivity contribution is 6.06. The summed E-state index contributed by atoms with van der Waals surface area (Å²) in [6, 6.07) is 8.37. The molecule has 1 saturated heterocycles. The smallest absolute Gasteiger partial charge is 0.257 e. The van der Waals surface area contributed by atoms with E-state index in [9.17, 15) is 14.4 Å². The largest absolute Gasteiger partial charge is 0.339 e. The Morgan fingerprint density at radius 2 is 1.54 bits per heavy atom. The van der Waals surface area contributed by atoms with Gasteiger partial charge in [0, 0.05) is 43.8 Å². The first kappa shape index (κ1) is 19.5. The molecule has 1 aliphatic rings. The van der Waals surface area contributed by atoms with Gasteiger partial charge in [-0.2, -0.15) is 0 Å². The van der Waals surface area contributed by atoms with Gasteiger partial charge < -0.3 is 15.5 Å². The van der Waals surface area contributed by atoms with Crippen LogP contribution in [0.1, 0.15) is 47.4 Å². The maximum absolute atomic E-state index is 12.7. The molecule has 1 aromatic heterocycles. The summed E-state index contributed by atoms with van der Waals surface area (Å²) in [5.41, 5.74) is 1.97. The number of nitrogens with zero attached hydrogens (tertiary/aromatic N) is 2. The molecule has 3 amide bonds. The van der Waals surface area contributed by atoms with Crippen LogP contribution in [-0.4, -0.2) is 40.7 Å². The molecule has 3 rings (SSSR count). The second-order valence-corrected chi connectivity index (χ2v) is 7.15. The number of aromatic nitrogens is 1. The molecule has 2 aromatic rings. The number of anilines is 2. The SMILES string of the molecule is CC(=O)Nc1ccc(NC(=O)c2cncc(C(=O)N3CCC(C)CC3)c2)cc1. The first-order valence-corrected chi connectivity index (χ1v) is 9.35. The van der Waals surface area contributed by atoms with Crippen molar-refractivity contribution in [2.24, 2.45) is 5.92 Å². The lowest BCUT2D eigenvalue weighted by Gasteiger charge is -2.30. The molecule has 7 nitrogen and oxygen atoms in total. The maximum Gasteiger partial charge on any atom is 0.257 e. The normalized spacial score (nSPS) is 14.4. The molecule has 0 unspecified atom stereocenters. The van der Waals surface area contributed by atoms with Gasteiger partial charge in [-0.05, 0) is 49.1 Å². The van der Waals surface area contributed by atoms with Crippen LogP contribution in [0.4, 0.5) is 11.4 Å². The quantitative estimate of drug-likeness (QED) is 0.852. The van der Waals surface area contributed by atoms with Crippen LogP contribution in [0.15, 0.2) is 42.7 Å². The Kier molecular flexibility index (Phi) is 6.03. The minimum Gasteiger partial charge on any atom is -0.339 e. The van der Waals surface area contributed by atoms with Crippen molar-refractivity contribution < 1.29 is 14.4 Å². The zero-order chi connectivity index (χ0) is 20.1. The highest BCUT2D eigenvalue weighted by Gasteiger charge is 2.22. The second-order valence-electron chi connectivity index (χ2n) is 7.15. The van der Waals surface area contributed by atoms with Crippen LogP contribution in [-0.2, 0) is 4.79 Å². The van der Waals surface area contributed by atoms with E-state index in [1.54, 1.807) is 30.3 Å². The van der Waals surface area contributed by atoms with Crippen LogP contribution in [0, 0.1) is 5.92 Å². The molecule has 1 aliphatic heterocycles. The van der Waals surface area contributed by atoms with Crippen molar-refractivity contribution in [1.29, 1.82) is 0 Å². The number of carbonyl (C=O) groups excluding carboxylic acids is 3. The third-order valence-corrected chi connectivity index (χ3v) is 4.78. The number of nitrogens with one attached hydrogen (secondary N) is 2. The number of likely N-dealkylation sites (tertiary alicyclic amines) is 1. The topological polar surface area (TPSA) is 91.4 Å². The Balaban J connectivity index is 1.66. The maximum atomic E-state index is 12.7. The number of benzene rings is 1. The fourth-order valence-corrected chi connectivity index (χ4v) is 3.12. The Bertz CT molecular complexity index is 871. The van der Waals surface area contributed by atoms with E-state index in [2.05, 4.69) is 22.5 Å². The van der Waals surface area contributed by atoms with Gasteiger partial charge in [0.25, 0.3) is 11.8 Å². The first-order chi connectivity index (χ1) is 13.4. The van der Waals surface area contributed by atoms with Crippen LogP contribution in [0.25, 0.3) is 0 Å². The van der Waals surface area contributed by atoms with E-state index in [1.807, 2.05) is 4.90 Å². The van der Waals surface area contributed by atoms with Gasteiger partial charge in [-0.1, -0.05) is 6.92 Å². The molecule has 7 heteroatoms. The highest BCUT2D eigenvalue weighted by Crippen LogP contribution is 2.19. The van der Waals surface area contributed by atoms with Gasteiger partial charge in [0.05, 0.1) is 11.1 Å². The van der Waals surface area contributed by atoms with Gasteiger partial charge in [-0.25, -0.2) is 0 Å². The third kappa shape index (κ3) is 4.94. The van der Waals surface area contributed by atoms with Crippen LogP contribution < -0.4 is 10.6 Å². The second kappa shape index (κ2) is 8.65. The number of hydrogen-bond donors (Lipinski definition) is 2. The van der Waals surface area contributed by atoms with E-state index in [0.717, 1.165) is 25.9 Å². The van der Waals surface area contributed by atoms with E-state index in [1.165, 1.54) is 19.3 Å². The van der Waals surface area contributed by atoms with E-state index in [0.29, 0.717) is 28.4 Å². The Morgan fingerprint density at radius 3 is 2.14 bits per heavy atom. The van der Waals surface area contributed by atoms with Crippen LogP contribution >= 0.6 is 0 Å². The average molecular weight is 380 g/mol. The molecule has 0 spiro atoms. The van der Waals surface area contributed by atoms with Gasteiger partial charge in [-0.15, -0.1) is 0 Å². The van der Waals surface area contributed by atoms with Crippen LogP contribution in [0.3, 0.4) is 0 Å². The summed E-state index contributed by atoms with van der Waals surface area (Å²) in [4.78, 5) is 42.2. The number of carbonyl (C=O) groups is 3. The van der Waals surface area contributed by atoms with Crippen molar-refractivity contribution in [3.05, 3.63) is 53.9 Å². The standard InChI is InChI=1S/C21H24N4O3/c1-14-7-9-25(10-8-14)21(28)17-11-16(12-22-13-17)20(27)24-19-5-3-18(4-6-19)23-15(2)26/h3-6,11-14H,7-10H2,1-2H3,(H,23,26)(H,24,27). The van der Waals surface area contributed by atoms with Crippen molar-refractivity contribution in [2.45, 2.75) is 26.7 Å². The molecule has 28 heavy (non-hydrogen) atoms. The zero-order valence-corrected chi connectivity index (χ0v) is 16.1. The van der Waals surface area contributed by atoms with Crippen molar-refractivity contribution in [1.82, 2.24) is 9.88 Å². The number of pyridine rings is 1. The van der Waals surface area contributed by atoms with Gasteiger partial charge in [0.2, 0.25) is 5.91 Å². The van der Waals surface area contributed by atoms with Gasteiger partial charge in [-0.3, -0.25) is 19.4 Å². The molecular formula is C21H24N4O3. The van der Waals surface area contributed by atoms with Gasteiger partial charge in [0.1, 0.15) is 0 Å². The lowest BCUT2D eigenvalue weighted by Crippen LogP contribution is -2.38. The summed E-state index contributed by atoms with van der Waals surface area (Å²) >= 11 is 0. The van der Waals surface area contributed by atoms with Crippen molar-refractivity contribution in [3.63, 3.8) is 0 Å². The van der Waals surface area contributed by atoms with Crippen molar-refractivity contribution in [3.8, 4) is 0 Å². The Labute approximate surface area is 164 Å². The molecule has 0 radical (unpaired) electrons. The Hall–Kier alpha value is -3.22. The summed E-state index contributed by atoms with van der Waals surface area (Å²) in [6.45, 7) is 5.09. The number of hydrogen-bond acceptors (Lipinski definition) is 4. The molecule has 0 atom stereocenters. The summed E-state index contributed by atoms with van der Waals surface area (Å²) in [7, 11) is 0. The highest BCUT2D eigenvalue weighted by atomic mass is 16.2. The molecule has 0 saturated carbocycles. The molecule has 1 aromatic carbocycles. The van der Waals surface area contributed by atoms with E-state index < -0.39 is 0 Å². The minimum absolute atomic E-state index is 0.0892. The van der Waals surface area contributed by atoms with Gasteiger partial charge >= 0.3 is 0 Å². The lowest BCUT2D eigenvalue weighted by atomic mass is 9.98. The summed E-state index contributed by atoms with van der Waals surface area (Å²) in [6.07, 6.45) is 4.93. The zero-order valence-electron chi connectivity index (χ0n) is 16.1. The fourth-order valence-electron chi connectivity index (χ4n) is 3.12. The lowest BCUT2D eigenvalue weighted by molar-refractivity contribution is -0.114. The number of rotatable bonds is 4. The monoisotopic (exact) mass is 380 g/mol. The molecule has 1 fully saturated rings. The summed E-state index contributed by atoms with van der Waals surface area (Å²) in [5.74, 6) is 0.0410.